The Bertz CT molecular complexity index is 931. The number of aryl methyl sites for hydroxylation is 3. The third kappa shape index (κ3) is 3.50. The summed E-state index contributed by atoms with van der Waals surface area (Å²) in [6, 6.07) is 0.279. The lowest BCUT2D eigenvalue weighted by Gasteiger charge is -2.59. The summed E-state index contributed by atoms with van der Waals surface area (Å²) in [6.07, 6.45) is 8.31. The van der Waals surface area contributed by atoms with Crippen LogP contribution in [0.3, 0.4) is 0 Å². The van der Waals surface area contributed by atoms with Crippen LogP contribution in [0, 0.1) is 43.9 Å². The SMILES string of the molecule is Cc1nc(SCC(=O)N[C@@H](C)C23CC4CC(CC(C4)C2)C3)c2c(C)c(C)sc2n1. The monoisotopic (exact) mass is 429 g/mol. The van der Waals surface area contributed by atoms with E-state index in [0.717, 1.165) is 38.8 Å². The molecule has 0 aromatic carbocycles. The van der Waals surface area contributed by atoms with Crippen LogP contribution in [0.25, 0.3) is 10.2 Å². The van der Waals surface area contributed by atoms with Crippen LogP contribution in [0.2, 0.25) is 0 Å². The van der Waals surface area contributed by atoms with Crippen molar-refractivity contribution in [1.82, 2.24) is 15.3 Å². The van der Waals surface area contributed by atoms with E-state index in [0.29, 0.717) is 11.2 Å². The van der Waals surface area contributed by atoms with Gasteiger partial charge in [0.15, 0.2) is 0 Å². The molecule has 2 heterocycles. The number of carbonyl (C=O) groups is 1. The Balaban J connectivity index is 1.27. The second-order valence-electron chi connectivity index (χ2n) is 9.90. The third-order valence-electron chi connectivity index (χ3n) is 7.83. The maximum Gasteiger partial charge on any atom is 0.230 e. The van der Waals surface area contributed by atoms with E-state index in [4.69, 9.17) is 0 Å². The van der Waals surface area contributed by atoms with Gasteiger partial charge in [0.2, 0.25) is 5.91 Å². The van der Waals surface area contributed by atoms with Crippen LogP contribution < -0.4 is 5.32 Å². The van der Waals surface area contributed by atoms with Crippen molar-refractivity contribution in [3.63, 3.8) is 0 Å². The van der Waals surface area contributed by atoms with Crippen molar-refractivity contribution in [3.8, 4) is 0 Å². The largest absolute Gasteiger partial charge is 0.352 e. The summed E-state index contributed by atoms with van der Waals surface area (Å²) < 4.78 is 0. The quantitative estimate of drug-likeness (QED) is 0.509. The van der Waals surface area contributed by atoms with Crippen LogP contribution in [-0.4, -0.2) is 27.7 Å². The molecule has 4 bridgehead atoms. The summed E-state index contributed by atoms with van der Waals surface area (Å²) in [7, 11) is 0. The van der Waals surface area contributed by atoms with E-state index < -0.39 is 0 Å². The van der Waals surface area contributed by atoms with E-state index in [1.54, 1.807) is 23.1 Å². The van der Waals surface area contributed by atoms with Gasteiger partial charge in [-0.1, -0.05) is 11.8 Å². The number of amides is 1. The highest BCUT2D eigenvalue weighted by Crippen LogP contribution is 2.61. The first-order valence-electron chi connectivity index (χ1n) is 11.0. The normalized spacial score (nSPS) is 31.4. The lowest BCUT2D eigenvalue weighted by molar-refractivity contribution is -0.123. The number of carbonyl (C=O) groups excluding carboxylic acids is 1. The molecule has 0 radical (unpaired) electrons. The fourth-order valence-corrected chi connectivity index (χ4v) is 8.78. The highest BCUT2D eigenvalue weighted by molar-refractivity contribution is 8.00. The highest BCUT2D eigenvalue weighted by Gasteiger charge is 2.53. The van der Waals surface area contributed by atoms with Crippen molar-refractivity contribution < 1.29 is 4.79 Å². The number of nitrogens with one attached hydrogen (secondary N) is 1. The molecule has 0 spiro atoms. The first-order chi connectivity index (χ1) is 13.8. The fraction of sp³-hybridized carbons (Fsp3) is 0.696. The molecule has 4 fully saturated rings. The number of hydrogen-bond donors (Lipinski definition) is 1. The van der Waals surface area contributed by atoms with Crippen molar-refractivity contribution in [2.45, 2.75) is 77.3 Å². The number of rotatable bonds is 5. The molecule has 1 atom stereocenters. The summed E-state index contributed by atoms with van der Waals surface area (Å²) >= 11 is 3.28. The zero-order valence-corrected chi connectivity index (χ0v) is 19.5. The van der Waals surface area contributed by atoms with Crippen molar-refractivity contribution in [2.24, 2.45) is 23.2 Å². The van der Waals surface area contributed by atoms with Gasteiger partial charge in [-0.3, -0.25) is 4.79 Å². The van der Waals surface area contributed by atoms with Crippen LogP contribution in [0.5, 0.6) is 0 Å². The zero-order chi connectivity index (χ0) is 20.3. The predicted molar refractivity (Wildman–Crippen MR) is 121 cm³/mol. The highest BCUT2D eigenvalue weighted by atomic mass is 32.2. The number of fused-ring (bicyclic) bond motifs is 1. The summed E-state index contributed by atoms with van der Waals surface area (Å²) in [6.45, 7) is 8.45. The minimum Gasteiger partial charge on any atom is -0.352 e. The molecule has 29 heavy (non-hydrogen) atoms. The molecule has 0 unspecified atom stereocenters. The lowest BCUT2D eigenvalue weighted by Crippen LogP contribution is -2.56. The van der Waals surface area contributed by atoms with Crippen LogP contribution in [0.1, 0.15) is 61.7 Å². The molecule has 1 N–H and O–H groups in total. The Labute approximate surface area is 181 Å². The van der Waals surface area contributed by atoms with Gasteiger partial charge in [0.05, 0.1) is 5.75 Å². The minimum atomic E-state index is 0.146. The summed E-state index contributed by atoms with van der Waals surface area (Å²) in [4.78, 5) is 24.4. The zero-order valence-electron chi connectivity index (χ0n) is 17.9. The minimum absolute atomic E-state index is 0.146. The molecule has 6 heteroatoms. The Hall–Kier alpha value is -1.14. The van der Waals surface area contributed by atoms with E-state index in [1.165, 1.54) is 49.0 Å². The first kappa shape index (κ1) is 19.8. The summed E-state index contributed by atoms with van der Waals surface area (Å²) in [5.74, 6) is 4.10. The molecule has 4 saturated carbocycles. The van der Waals surface area contributed by atoms with E-state index in [1.807, 2.05) is 6.92 Å². The molecule has 1 amide bonds. The maximum absolute atomic E-state index is 12.9. The van der Waals surface area contributed by atoms with Crippen LogP contribution in [0.15, 0.2) is 5.03 Å². The summed E-state index contributed by atoms with van der Waals surface area (Å²) in [5, 5.41) is 5.47. The van der Waals surface area contributed by atoms with Crippen molar-refractivity contribution in [3.05, 3.63) is 16.3 Å². The van der Waals surface area contributed by atoms with Gasteiger partial charge >= 0.3 is 0 Å². The van der Waals surface area contributed by atoms with Crippen LogP contribution >= 0.6 is 23.1 Å². The topological polar surface area (TPSA) is 54.9 Å². The standard InChI is InChI=1S/C23H31N3OS2/c1-12-13(2)29-22-20(12)21(25-15(4)26-22)28-11-19(27)24-14(3)23-8-16-5-17(9-23)7-18(6-16)10-23/h14,16-18H,5-11H2,1-4H3,(H,24,27)/t14-,16?,17?,18?,23?/m0/s1. The van der Waals surface area contributed by atoms with Crippen molar-refractivity contribution in [2.75, 3.05) is 5.75 Å². The number of thioether (sulfide) groups is 1. The Morgan fingerprint density at radius 2 is 1.76 bits per heavy atom. The molecule has 4 aliphatic carbocycles. The van der Waals surface area contributed by atoms with Crippen molar-refractivity contribution >= 4 is 39.2 Å². The molecule has 2 aromatic rings. The van der Waals surface area contributed by atoms with Gasteiger partial charge in [0.1, 0.15) is 15.7 Å². The molecular formula is C23H31N3OS2. The lowest BCUT2D eigenvalue weighted by atomic mass is 9.48. The smallest absolute Gasteiger partial charge is 0.230 e. The molecule has 4 aliphatic rings. The molecule has 156 valence electrons. The van der Waals surface area contributed by atoms with Crippen LogP contribution in [-0.2, 0) is 4.79 Å². The number of aromatic nitrogens is 2. The molecule has 0 aliphatic heterocycles. The molecule has 6 rings (SSSR count). The average molecular weight is 430 g/mol. The van der Waals surface area contributed by atoms with Gasteiger partial charge in [-0.2, -0.15) is 0 Å². The first-order valence-corrected chi connectivity index (χ1v) is 12.8. The van der Waals surface area contributed by atoms with E-state index in [9.17, 15) is 4.79 Å². The average Bonchev–Trinajstić information content (AvgIpc) is 2.92. The number of thiophene rings is 1. The van der Waals surface area contributed by atoms with Gasteiger partial charge < -0.3 is 5.32 Å². The molecule has 2 aromatic heterocycles. The summed E-state index contributed by atoms with van der Waals surface area (Å²) in [5.41, 5.74) is 1.60. The second kappa shape index (κ2) is 7.23. The molecule has 0 saturated heterocycles. The van der Waals surface area contributed by atoms with E-state index in [-0.39, 0.29) is 11.9 Å². The molecule has 4 nitrogen and oxygen atoms in total. The Morgan fingerprint density at radius 1 is 1.14 bits per heavy atom. The van der Waals surface area contributed by atoms with Crippen LogP contribution in [0.4, 0.5) is 0 Å². The van der Waals surface area contributed by atoms with Gasteiger partial charge in [-0.15, -0.1) is 11.3 Å². The van der Waals surface area contributed by atoms with E-state index in [2.05, 4.69) is 36.1 Å². The van der Waals surface area contributed by atoms with Crippen molar-refractivity contribution in [1.29, 1.82) is 0 Å². The number of nitrogens with zero attached hydrogens (tertiary/aromatic N) is 2. The Morgan fingerprint density at radius 3 is 2.38 bits per heavy atom. The second-order valence-corrected chi connectivity index (χ2v) is 12.1. The molecular weight excluding hydrogens is 398 g/mol. The third-order valence-corrected chi connectivity index (χ3v) is 9.91. The maximum atomic E-state index is 12.9. The van der Waals surface area contributed by atoms with Gasteiger partial charge in [-0.25, -0.2) is 9.97 Å². The van der Waals surface area contributed by atoms with Gasteiger partial charge in [-0.05, 0) is 95.0 Å². The van der Waals surface area contributed by atoms with E-state index >= 15 is 0 Å². The van der Waals surface area contributed by atoms with Gasteiger partial charge in [0, 0.05) is 16.3 Å². The fourth-order valence-electron chi connectivity index (χ4n) is 6.70. The Kier molecular flexibility index (Phi) is 4.93. The van der Waals surface area contributed by atoms with Gasteiger partial charge in [0.25, 0.3) is 0 Å². The predicted octanol–water partition coefficient (Wildman–Crippen LogP) is 5.43. The number of hydrogen-bond acceptors (Lipinski definition) is 5.